The van der Waals surface area contributed by atoms with E-state index in [1.165, 1.54) is 0 Å². The van der Waals surface area contributed by atoms with Crippen molar-refractivity contribution in [3.63, 3.8) is 0 Å². The van der Waals surface area contributed by atoms with E-state index in [0.717, 1.165) is 0 Å². The SMILES string of the molecule is C[B]C(C)C(C)N. The fourth-order valence-corrected chi connectivity index (χ4v) is 0.304. The molecule has 0 bridgehead atoms. The second-order valence-electron chi connectivity index (χ2n) is 2.05. The van der Waals surface area contributed by atoms with Crippen molar-refractivity contribution in [1.29, 1.82) is 0 Å². The third-order valence-electron chi connectivity index (χ3n) is 1.36. The van der Waals surface area contributed by atoms with Gasteiger partial charge in [0.15, 0.2) is 0 Å². The van der Waals surface area contributed by atoms with E-state index in [9.17, 15) is 0 Å². The lowest BCUT2D eigenvalue weighted by Crippen LogP contribution is -2.22. The van der Waals surface area contributed by atoms with Crippen LogP contribution in [0.4, 0.5) is 0 Å². The maximum atomic E-state index is 5.52. The van der Waals surface area contributed by atoms with E-state index in [0.29, 0.717) is 11.9 Å². The van der Waals surface area contributed by atoms with Crippen molar-refractivity contribution >= 4 is 7.28 Å². The lowest BCUT2D eigenvalue weighted by Gasteiger charge is -2.10. The van der Waals surface area contributed by atoms with Crippen molar-refractivity contribution in [3.05, 3.63) is 0 Å². The molecule has 0 aliphatic rings. The summed E-state index contributed by atoms with van der Waals surface area (Å²) in [4.78, 5) is 0. The van der Waals surface area contributed by atoms with E-state index in [1.54, 1.807) is 0 Å². The van der Waals surface area contributed by atoms with Crippen molar-refractivity contribution in [2.24, 2.45) is 5.73 Å². The third kappa shape index (κ3) is 2.69. The Morgan fingerprint density at radius 2 is 1.86 bits per heavy atom. The van der Waals surface area contributed by atoms with Gasteiger partial charge in [-0.15, -0.1) is 0 Å². The zero-order chi connectivity index (χ0) is 5.86. The molecule has 0 aliphatic heterocycles. The van der Waals surface area contributed by atoms with E-state index in [-0.39, 0.29) is 0 Å². The molecule has 2 atom stereocenters. The zero-order valence-electron chi connectivity index (χ0n) is 5.31. The molecule has 1 radical (unpaired) electrons. The van der Waals surface area contributed by atoms with Crippen LogP contribution in [0.2, 0.25) is 12.6 Å². The molecule has 1 nitrogen and oxygen atoms in total. The molecule has 7 heavy (non-hydrogen) atoms. The Bertz CT molecular complexity index is 45.3. The number of nitrogens with two attached hydrogens (primary N) is 1. The van der Waals surface area contributed by atoms with Crippen LogP contribution in [0.25, 0.3) is 0 Å². The van der Waals surface area contributed by atoms with Gasteiger partial charge in [0.25, 0.3) is 0 Å². The predicted molar refractivity (Wildman–Crippen MR) is 34.7 cm³/mol. The first-order valence-corrected chi connectivity index (χ1v) is 2.73. The van der Waals surface area contributed by atoms with Crippen molar-refractivity contribution in [2.45, 2.75) is 32.5 Å². The van der Waals surface area contributed by atoms with Crippen LogP contribution in [0.15, 0.2) is 0 Å². The largest absolute Gasteiger partial charge is 0.328 e. The Morgan fingerprint density at radius 3 is 1.86 bits per heavy atom. The highest BCUT2D eigenvalue weighted by molar-refractivity contribution is 6.35. The van der Waals surface area contributed by atoms with Crippen molar-refractivity contribution in [1.82, 2.24) is 0 Å². The molecule has 2 heteroatoms. The third-order valence-corrected chi connectivity index (χ3v) is 1.36. The fourth-order valence-electron chi connectivity index (χ4n) is 0.304. The minimum Gasteiger partial charge on any atom is -0.328 e. The minimum atomic E-state index is 0.310. The van der Waals surface area contributed by atoms with Gasteiger partial charge in [-0.2, -0.15) is 0 Å². The van der Waals surface area contributed by atoms with Crippen LogP contribution in [0.3, 0.4) is 0 Å². The summed E-state index contributed by atoms with van der Waals surface area (Å²) < 4.78 is 0. The van der Waals surface area contributed by atoms with Gasteiger partial charge in [-0.1, -0.05) is 26.5 Å². The van der Waals surface area contributed by atoms with E-state index >= 15 is 0 Å². The Kier molecular flexibility index (Phi) is 3.09. The first kappa shape index (κ1) is 7.02. The lowest BCUT2D eigenvalue weighted by molar-refractivity contribution is 0.707. The fraction of sp³-hybridized carbons (Fsp3) is 1.00. The van der Waals surface area contributed by atoms with Crippen LogP contribution in [-0.2, 0) is 0 Å². The molecule has 2 unspecified atom stereocenters. The molecule has 41 valence electrons. The number of hydrogen-bond donors (Lipinski definition) is 1. The van der Waals surface area contributed by atoms with E-state index in [1.807, 2.05) is 13.7 Å². The summed E-state index contributed by atoms with van der Waals surface area (Å²) in [5, 5.41) is 0. The second-order valence-corrected chi connectivity index (χ2v) is 2.05. The maximum Gasteiger partial charge on any atom is 0.111 e. The maximum absolute atomic E-state index is 5.52. The van der Waals surface area contributed by atoms with Crippen LogP contribution >= 0.6 is 0 Å². The van der Waals surface area contributed by atoms with Crippen molar-refractivity contribution in [2.75, 3.05) is 0 Å². The zero-order valence-corrected chi connectivity index (χ0v) is 5.31. The van der Waals surface area contributed by atoms with Crippen molar-refractivity contribution < 1.29 is 0 Å². The summed E-state index contributed by atoms with van der Waals surface area (Å²) in [7, 11) is 2.12. The minimum absolute atomic E-state index is 0.310. The highest BCUT2D eigenvalue weighted by Gasteiger charge is 2.02. The van der Waals surface area contributed by atoms with E-state index in [4.69, 9.17) is 5.73 Å². The van der Waals surface area contributed by atoms with Gasteiger partial charge in [0, 0.05) is 0 Å². The molecule has 0 aromatic heterocycles. The number of rotatable bonds is 2. The molecule has 0 heterocycles. The summed E-state index contributed by atoms with van der Waals surface area (Å²) in [5.74, 6) is 0.556. The highest BCUT2D eigenvalue weighted by Crippen LogP contribution is 2.02. The summed E-state index contributed by atoms with van der Waals surface area (Å²) >= 11 is 0. The van der Waals surface area contributed by atoms with Crippen molar-refractivity contribution in [3.8, 4) is 0 Å². The van der Waals surface area contributed by atoms with Crippen LogP contribution in [0.5, 0.6) is 0 Å². The molecule has 0 saturated carbocycles. The van der Waals surface area contributed by atoms with Gasteiger partial charge < -0.3 is 5.73 Å². The molecule has 0 fully saturated rings. The Morgan fingerprint density at radius 1 is 1.43 bits per heavy atom. The van der Waals surface area contributed by atoms with E-state index < -0.39 is 0 Å². The van der Waals surface area contributed by atoms with Crippen LogP contribution in [-0.4, -0.2) is 13.3 Å². The van der Waals surface area contributed by atoms with Gasteiger partial charge in [0.05, 0.1) is 0 Å². The molecule has 2 N–H and O–H groups in total. The van der Waals surface area contributed by atoms with Gasteiger partial charge in [0.1, 0.15) is 7.28 Å². The summed E-state index contributed by atoms with van der Waals surface area (Å²) in [5.41, 5.74) is 5.52. The van der Waals surface area contributed by atoms with Crippen LogP contribution < -0.4 is 5.73 Å². The molecule has 0 spiro atoms. The monoisotopic (exact) mass is 98.1 g/mol. The van der Waals surface area contributed by atoms with Crippen LogP contribution in [0.1, 0.15) is 13.8 Å². The molecule has 0 amide bonds. The smallest absolute Gasteiger partial charge is 0.111 e. The van der Waals surface area contributed by atoms with Gasteiger partial charge in [-0.05, 0) is 6.04 Å². The second kappa shape index (κ2) is 3.08. The number of hydrogen-bond acceptors (Lipinski definition) is 1. The highest BCUT2D eigenvalue weighted by atomic mass is 14.6. The van der Waals surface area contributed by atoms with Gasteiger partial charge >= 0.3 is 0 Å². The Labute approximate surface area is 46.5 Å². The quantitative estimate of drug-likeness (QED) is 0.510. The van der Waals surface area contributed by atoms with Gasteiger partial charge in [-0.3, -0.25) is 0 Å². The predicted octanol–water partition coefficient (Wildman–Crippen LogP) is 0.894. The molecule has 0 rings (SSSR count). The van der Waals surface area contributed by atoms with Gasteiger partial charge in [-0.25, -0.2) is 0 Å². The van der Waals surface area contributed by atoms with E-state index in [2.05, 4.69) is 14.2 Å². The summed E-state index contributed by atoms with van der Waals surface area (Å²) in [6.45, 7) is 6.17. The normalized spacial score (nSPS) is 18.3. The average molecular weight is 98.0 g/mol. The summed E-state index contributed by atoms with van der Waals surface area (Å²) in [6.07, 6.45) is 0. The molecular formula is C5H13BN. The first-order chi connectivity index (χ1) is 3.18. The Balaban J connectivity index is 3.14. The molecule has 0 aliphatic carbocycles. The molecule has 0 aromatic rings. The molecular weight excluding hydrogens is 84.9 g/mol. The standard InChI is InChI=1S/C5H13BN/c1-4(6-3)5(2)7/h4-5H,7H2,1-3H3. The molecule has 0 saturated heterocycles. The van der Waals surface area contributed by atoms with Gasteiger partial charge in [0.2, 0.25) is 0 Å². The lowest BCUT2D eigenvalue weighted by atomic mass is 9.65. The Hall–Kier alpha value is 0.0249. The molecule has 0 aromatic carbocycles. The van der Waals surface area contributed by atoms with Crippen LogP contribution in [0, 0.1) is 0 Å². The topological polar surface area (TPSA) is 26.0 Å². The average Bonchev–Trinajstić information content (AvgIpc) is 1.65. The summed E-state index contributed by atoms with van der Waals surface area (Å²) in [6, 6.07) is 0.310. The first-order valence-electron chi connectivity index (χ1n) is 2.73.